The van der Waals surface area contributed by atoms with Crippen LogP contribution in [-0.2, 0) is 33.5 Å². The van der Waals surface area contributed by atoms with Crippen LogP contribution in [0.25, 0.3) is 22.4 Å². The second-order valence-electron chi connectivity index (χ2n) is 12.3. The molecule has 0 aliphatic carbocycles. The molecular formula is C34H33ClF3N11O4. The first-order chi connectivity index (χ1) is 25.5. The van der Waals surface area contributed by atoms with E-state index >= 15 is 0 Å². The summed E-state index contributed by atoms with van der Waals surface area (Å²) in [5, 5.41) is 9.93. The second kappa shape index (κ2) is 14.8. The van der Waals surface area contributed by atoms with E-state index in [1.54, 1.807) is 27.8 Å². The summed E-state index contributed by atoms with van der Waals surface area (Å²) in [4.78, 5) is 62.0. The van der Waals surface area contributed by atoms with Gasteiger partial charge in [-0.3, -0.25) is 19.4 Å². The maximum absolute atomic E-state index is 14.2. The minimum atomic E-state index is -4.61. The van der Waals surface area contributed by atoms with Crippen molar-refractivity contribution in [2.45, 2.75) is 32.5 Å². The van der Waals surface area contributed by atoms with E-state index in [-0.39, 0.29) is 35.5 Å². The molecule has 2 amide bonds. The van der Waals surface area contributed by atoms with Gasteiger partial charge in [0.25, 0.3) is 5.56 Å². The lowest BCUT2D eigenvalue weighted by Gasteiger charge is -2.37. The molecule has 1 aromatic carbocycles. The second-order valence-corrected chi connectivity index (χ2v) is 12.7. The fourth-order valence-corrected chi connectivity index (χ4v) is 6.62. The number of hydrogen-bond acceptors (Lipinski definition) is 11. The quantitative estimate of drug-likeness (QED) is 0.226. The monoisotopic (exact) mass is 751 g/mol. The molecule has 15 nitrogen and oxygen atoms in total. The van der Waals surface area contributed by atoms with Crippen molar-refractivity contribution in [3.05, 3.63) is 81.4 Å². The lowest BCUT2D eigenvalue weighted by atomic mass is 10.1. The average molecular weight is 752 g/mol. The highest BCUT2D eigenvalue weighted by Gasteiger charge is 2.32. The number of carbonyl (C=O) groups excluding carboxylic acids is 2. The number of hydrogen-bond donors (Lipinski definition) is 2. The molecular weight excluding hydrogens is 719 g/mol. The van der Waals surface area contributed by atoms with E-state index in [1.165, 1.54) is 10.8 Å². The number of aromatic nitrogens is 7. The molecule has 53 heavy (non-hydrogen) atoms. The SMILES string of the molecule is CCc1c(N2CCN(C(=O)CNc3ncnc4cccnc34)CC2)c(=O)n2nc(C3=CCOCC3)nc2n1CC(=O)Nc1ccc(C(F)(F)F)cc1Cl. The van der Waals surface area contributed by atoms with Crippen molar-refractivity contribution in [3.63, 3.8) is 0 Å². The number of piperazine rings is 1. The zero-order chi connectivity index (χ0) is 37.3. The Bertz CT molecular complexity index is 2300. The van der Waals surface area contributed by atoms with E-state index in [0.29, 0.717) is 86.3 Å². The number of anilines is 3. The van der Waals surface area contributed by atoms with Crippen molar-refractivity contribution in [1.82, 2.24) is 39.0 Å². The van der Waals surface area contributed by atoms with Gasteiger partial charge >= 0.3 is 6.18 Å². The first-order valence-electron chi connectivity index (χ1n) is 16.8. The standard InChI is InChI=1S/C34H33ClF3N11O4/c1-2-25-29(47-12-10-46(11-13-47)27(51)17-40-31-28-24(41-19-42-31)4-3-9-39-28)32(52)49-33(44-30(45-49)20-7-14-53-15-8-20)48(25)18-26(50)43-23-6-5-21(16-22(23)35)34(36,37)38/h3-7,9,16,19H,2,8,10-15,17-18H2,1H3,(H,43,50)(H,40,41,42). The highest BCUT2D eigenvalue weighted by Crippen LogP contribution is 2.34. The van der Waals surface area contributed by atoms with Crippen molar-refractivity contribution in [1.29, 1.82) is 0 Å². The van der Waals surface area contributed by atoms with E-state index in [4.69, 9.17) is 16.3 Å². The van der Waals surface area contributed by atoms with Gasteiger partial charge in [-0.2, -0.15) is 22.7 Å². The van der Waals surface area contributed by atoms with Crippen LogP contribution in [0.1, 0.15) is 30.4 Å². The molecule has 7 rings (SSSR count). The molecule has 0 saturated carbocycles. The fraction of sp³-hybridized carbons (Fsp3) is 0.353. The van der Waals surface area contributed by atoms with Crippen molar-refractivity contribution in [2.24, 2.45) is 0 Å². The number of nitrogens with one attached hydrogen (secondary N) is 2. The Morgan fingerprint density at radius 3 is 2.60 bits per heavy atom. The van der Waals surface area contributed by atoms with Crippen LogP contribution in [0.3, 0.4) is 0 Å². The summed E-state index contributed by atoms with van der Waals surface area (Å²) in [5.74, 6) is 0.109. The predicted octanol–water partition coefficient (Wildman–Crippen LogP) is 3.67. The van der Waals surface area contributed by atoms with Crippen LogP contribution < -0.4 is 21.1 Å². The highest BCUT2D eigenvalue weighted by molar-refractivity contribution is 6.33. The molecule has 0 radical (unpaired) electrons. The van der Waals surface area contributed by atoms with Gasteiger partial charge in [-0.05, 0) is 48.7 Å². The normalized spacial score (nSPS) is 15.2. The number of benzene rings is 1. The van der Waals surface area contributed by atoms with Crippen molar-refractivity contribution in [2.75, 3.05) is 61.5 Å². The average Bonchev–Trinajstić information content (AvgIpc) is 3.62. The lowest BCUT2D eigenvalue weighted by Crippen LogP contribution is -2.52. The van der Waals surface area contributed by atoms with Crippen LogP contribution in [-0.4, -0.2) is 96.8 Å². The van der Waals surface area contributed by atoms with Gasteiger partial charge in [0, 0.05) is 32.4 Å². The number of carbonyl (C=O) groups is 2. The number of amides is 2. The predicted molar refractivity (Wildman–Crippen MR) is 190 cm³/mol. The summed E-state index contributed by atoms with van der Waals surface area (Å²) in [7, 11) is 0. The third-order valence-corrected chi connectivity index (χ3v) is 9.35. The van der Waals surface area contributed by atoms with Gasteiger partial charge in [-0.1, -0.05) is 24.6 Å². The topological polar surface area (TPSA) is 165 Å². The van der Waals surface area contributed by atoms with Crippen molar-refractivity contribution >= 4 is 63.0 Å². The summed E-state index contributed by atoms with van der Waals surface area (Å²) in [6, 6.07) is 6.23. The number of ether oxygens (including phenoxy) is 1. The maximum Gasteiger partial charge on any atom is 0.416 e. The summed E-state index contributed by atoms with van der Waals surface area (Å²) in [6.45, 7) is 3.53. The molecule has 6 heterocycles. The van der Waals surface area contributed by atoms with Crippen LogP contribution >= 0.6 is 11.6 Å². The van der Waals surface area contributed by atoms with Crippen LogP contribution in [0, 0.1) is 0 Å². The number of pyridine rings is 1. The molecule has 0 unspecified atom stereocenters. The van der Waals surface area contributed by atoms with E-state index in [9.17, 15) is 27.6 Å². The Morgan fingerprint density at radius 1 is 1.08 bits per heavy atom. The lowest BCUT2D eigenvalue weighted by molar-refractivity contribution is -0.137. The molecule has 2 aliphatic heterocycles. The van der Waals surface area contributed by atoms with Crippen molar-refractivity contribution in [3.8, 4) is 0 Å². The number of fused-ring (bicyclic) bond motifs is 2. The van der Waals surface area contributed by atoms with E-state index < -0.39 is 23.2 Å². The Hall–Kier alpha value is -5.62. The Balaban J connectivity index is 1.15. The summed E-state index contributed by atoms with van der Waals surface area (Å²) in [6.07, 6.45) is 1.10. The molecule has 0 bridgehead atoms. The zero-order valence-corrected chi connectivity index (χ0v) is 29.1. The van der Waals surface area contributed by atoms with E-state index in [2.05, 4.69) is 35.7 Å². The smallest absolute Gasteiger partial charge is 0.377 e. The molecule has 2 N–H and O–H groups in total. The third-order valence-electron chi connectivity index (χ3n) is 9.03. The minimum Gasteiger partial charge on any atom is -0.377 e. The molecule has 2 aliphatic rings. The van der Waals surface area contributed by atoms with Crippen LogP contribution in [0.4, 0.5) is 30.4 Å². The van der Waals surface area contributed by atoms with Gasteiger partial charge in [0.05, 0.1) is 47.2 Å². The molecule has 0 atom stereocenters. The van der Waals surface area contributed by atoms with Gasteiger partial charge in [-0.15, -0.1) is 5.10 Å². The Labute approximate surface area is 304 Å². The Morgan fingerprint density at radius 2 is 1.89 bits per heavy atom. The largest absolute Gasteiger partial charge is 0.416 e. The van der Waals surface area contributed by atoms with Gasteiger partial charge < -0.3 is 29.7 Å². The van der Waals surface area contributed by atoms with Gasteiger partial charge in [0.2, 0.25) is 17.6 Å². The molecule has 0 spiro atoms. The first kappa shape index (κ1) is 35.8. The first-order valence-corrected chi connectivity index (χ1v) is 17.2. The summed E-state index contributed by atoms with van der Waals surface area (Å²) in [5.41, 5.74) is 1.40. The molecule has 4 aromatic heterocycles. The van der Waals surface area contributed by atoms with Gasteiger partial charge in [0.1, 0.15) is 24.1 Å². The Kier molecular flexibility index (Phi) is 9.98. The minimum absolute atomic E-state index is 0.00559. The van der Waals surface area contributed by atoms with E-state index in [0.717, 1.165) is 23.8 Å². The maximum atomic E-state index is 14.2. The molecule has 5 aromatic rings. The molecule has 276 valence electrons. The number of rotatable bonds is 9. The van der Waals surface area contributed by atoms with Gasteiger partial charge in [-0.25, -0.2) is 9.97 Å². The molecule has 19 heteroatoms. The van der Waals surface area contributed by atoms with Gasteiger partial charge in [0.15, 0.2) is 11.6 Å². The van der Waals surface area contributed by atoms with Crippen molar-refractivity contribution < 1.29 is 27.5 Å². The summed E-state index contributed by atoms with van der Waals surface area (Å²) >= 11 is 6.13. The molecule has 1 fully saturated rings. The van der Waals surface area contributed by atoms with Crippen LogP contribution in [0.15, 0.2) is 53.7 Å². The molecule has 1 saturated heterocycles. The number of halogens is 4. The fourth-order valence-electron chi connectivity index (χ4n) is 6.39. The van der Waals surface area contributed by atoms with Crippen LogP contribution in [0.5, 0.6) is 0 Å². The highest BCUT2D eigenvalue weighted by atomic mass is 35.5. The zero-order valence-electron chi connectivity index (χ0n) is 28.4. The summed E-state index contributed by atoms with van der Waals surface area (Å²) < 4.78 is 47.8. The van der Waals surface area contributed by atoms with E-state index in [1.807, 2.05) is 17.9 Å². The number of nitrogens with zero attached hydrogens (tertiary/aromatic N) is 9. The van der Waals surface area contributed by atoms with Crippen LogP contribution in [0.2, 0.25) is 5.02 Å². The number of alkyl halides is 3. The third kappa shape index (κ3) is 7.36.